The number of aromatic nitrogens is 1. The third-order valence-corrected chi connectivity index (χ3v) is 2.28. The van der Waals surface area contributed by atoms with Crippen LogP contribution in [0.4, 0.5) is 4.39 Å². The first kappa shape index (κ1) is 12.6. The molecule has 0 radical (unpaired) electrons. The molecule has 1 heterocycles. The second-order valence-electron chi connectivity index (χ2n) is 3.68. The number of rotatable bonds is 6. The number of halogens is 1. The van der Waals surface area contributed by atoms with Crippen molar-refractivity contribution in [1.82, 2.24) is 10.3 Å². The van der Waals surface area contributed by atoms with Crippen LogP contribution in [-0.2, 0) is 4.79 Å². The molecule has 5 heteroatoms. The highest BCUT2D eigenvalue weighted by Crippen LogP contribution is 2.11. The molecule has 0 aromatic carbocycles. The third kappa shape index (κ3) is 4.35. The number of nitrogens with zero attached hydrogens (tertiary/aromatic N) is 1. The zero-order chi connectivity index (χ0) is 12.0. The molecule has 1 atom stereocenters. The number of nitrogens with two attached hydrogens (primary N) is 1. The van der Waals surface area contributed by atoms with Crippen molar-refractivity contribution in [1.29, 1.82) is 0 Å². The molecule has 0 aliphatic heterocycles. The van der Waals surface area contributed by atoms with Crippen molar-refractivity contribution >= 4 is 5.91 Å². The summed E-state index contributed by atoms with van der Waals surface area (Å²) in [6, 6.07) is 1.45. The van der Waals surface area contributed by atoms with Crippen LogP contribution in [0.2, 0.25) is 0 Å². The molecule has 0 fully saturated rings. The highest BCUT2D eigenvalue weighted by atomic mass is 19.1. The summed E-state index contributed by atoms with van der Waals surface area (Å²) in [5, 5.41) is 3.17. The molecule has 4 nitrogen and oxygen atoms in total. The molecule has 0 spiro atoms. The molecule has 16 heavy (non-hydrogen) atoms. The summed E-state index contributed by atoms with van der Waals surface area (Å²) in [6.45, 7) is 2.58. The van der Waals surface area contributed by atoms with Gasteiger partial charge in [-0.15, -0.1) is 0 Å². The molecule has 0 saturated heterocycles. The Kier molecular flexibility index (Phi) is 4.85. The summed E-state index contributed by atoms with van der Waals surface area (Å²) in [5.41, 5.74) is 5.80. The van der Waals surface area contributed by atoms with Crippen molar-refractivity contribution in [3.05, 3.63) is 29.8 Å². The van der Waals surface area contributed by atoms with E-state index in [0.717, 1.165) is 5.56 Å². The van der Waals surface area contributed by atoms with E-state index in [1.807, 2.05) is 6.92 Å². The minimum Gasteiger partial charge on any atom is -0.370 e. The van der Waals surface area contributed by atoms with Crippen molar-refractivity contribution in [3.8, 4) is 0 Å². The van der Waals surface area contributed by atoms with Crippen LogP contribution in [0.5, 0.6) is 0 Å². The molecule has 1 aromatic heterocycles. The van der Waals surface area contributed by atoms with E-state index in [2.05, 4.69) is 10.3 Å². The summed E-state index contributed by atoms with van der Waals surface area (Å²) in [5.74, 6) is -0.648. The van der Waals surface area contributed by atoms with E-state index in [9.17, 15) is 9.18 Å². The molecule has 0 bridgehead atoms. The quantitative estimate of drug-likeness (QED) is 0.713. The fourth-order valence-electron chi connectivity index (χ4n) is 1.36. The van der Waals surface area contributed by atoms with Crippen LogP contribution in [-0.4, -0.2) is 17.4 Å². The first-order valence-electron chi connectivity index (χ1n) is 5.21. The first-order chi connectivity index (χ1) is 7.59. The van der Waals surface area contributed by atoms with Crippen LogP contribution in [0.25, 0.3) is 0 Å². The number of nitrogens with one attached hydrogen (secondary N) is 1. The van der Waals surface area contributed by atoms with Gasteiger partial charge in [-0.3, -0.25) is 9.78 Å². The van der Waals surface area contributed by atoms with E-state index in [1.54, 1.807) is 6.20 Å². The number of hydrogen-bond acceptors (Lipinski definition) is 3. The number of primary amides is 1. The largest absolute Gasteiger partial charge is 0.370 e. The zero-order valence-electron chi connectivity index (χ0n) is 9.24. The second kappa shape index (κ2) is 6.17. The summed E-state index contributed by atoms with van der Waals surface area (Å²) in [4.78, 5) is 14.3. The van der Waals surface area contributed by atoms with Gasteiger partial charge in [0.1, 0.15) is 5.82 Å². The second-order valence-corrected chi connectivity index (χ2v) is 3.68. The van der Waals surface area contributed by atoms with Gasteiger partial charge in [0.25, 0.3) is 0 Å². The van der Waals surface area contributed by atoms with Gasteiger partial charge < -0.3 is 11.1 Å². The molecular formula is C11H16FN3O. The van der Waals surface area contributed by atoms with Gasteiger partial charge in [-0.1, -0.05) is 0 Å². The Balaban J connectivity index is 2.35. The topological polar surface area (TPSA) is 68.0 Å². The monoisotopic (exact) mass is 225 g/mol. The highest BCUT2D eigenvalue weighted by Gasteiger charge is 2.05. The van der Waals surface area contributed by atoms with Gasteiger partial charge in [0, 0.05) is 18.7 Å². The SMILES string of the molecule is CC(NCCCC(N)=O)c1cncc(F)c1. The Labute approximate surface area is 94.1 Å². The Morgan fingerprint density at radius 2 is 2.38 bits per heavy atom. The van der Waals surface area contributed by atoms with E-state index in [0.29, 0.717) is 19.4 Å². The highest BCUT2D eigenvalue weighted by molar-refractivity contribution is 5.73. The molecule has 0 aliphatic rings. The van der Waals surface area contributed by atoms with E-state index < -0.39 is 0 Å². The van der Waals surface area contributed by atoms with Crippen LogP contribution in [0.15, 0.2) is 18.5 Å². The van der Waals surface area contributed by atoms with Crippen LogP contribution < -0.4 is 11.1 Å². The third-order valence-electron chi connectivity index (χ3n) is 2.28. The summed E-state index contributed by atoms with van der Waals surface area (Å²) < 4.78 is 12.9. The minimum absolute atomic E-state index is 0.0103. The van der Waals surface area contributed by atoms with Crippen molar-refractivity contribution in [2.24, 2.45) is 5.73 Å². The van der Waals surface area contributed by atoms with Crippen LogP contribution >= 0.6 is 0 Å². The summed E-state index contributed by atoms with van der Waals surface area (Å²) in [6.07, 6.45) is 3.83. The van der Waals surface area contributed by atoms with Crippen molar-refractivity contribution in [2.45, 2.75) is 25.8 Å². The molecule has 0 aliphatic carbocycles. The van der Waals surface area contributed by atoms with Gasteiger partial charge in [0.15, 0.2) is 0 Å². The lowest BCUT2D eigenvalue weighted by atomic mass is 10.1. The van der Waals surface area contributed by atoms with E-state index in [1.165, 1.54) is 12.3 Å². The molecule has 1 unspecified atom stereocenters. The smallest absolute Gasteiger partial charge is 0.217 e. The predicted molar refractivity (Wildman–Crippen MR) is 59.0 cm³/mol. The Hall–Kier alpha value is -1.49. The van der Waals surface area contributed by atoms with Gasteiger partial charge in [0.2, 0.25) is 5.91 Å². The Bertz CT molecular complexity index is 357. The number of carbonyl (C=O) groups is 1. The van der Waals surface area contributed by atoms with Crippen molar-refractivity contribution in [3.63, 3.8) is 0 Å². The van der Waals surface area contributed by atoms with E-state index in [-0.39, 0.29) is 17.8 Å². The number of pyridine rings is 1. The average Bonchev–Trinajstić information content (AvgIpc) is 2.24. The minimum atomic E-state index is -0.344. The zero-order valence-corrected chi connectivity index (χ0v) is 9.24. The maximum Gasteiger partial charge on any atom is 0.217 e. The first-order valence-corrected chi connectivity index (χ1v) is 5.21. The van der Waals surface area contributed by atoms with Gasteiger partial charge >= 0.3 is 0 Å². The molecule has 88 valence electrons. The molecule has 0 saturated carbocycles. The Morgan fingerprint density at radius 1 is 1.62 bits per heavy atom. The lowest BCUT2D eigenvalue weighted by Gasteiger charge is -2.13. The van der Waals surface area contributed by atoms with Gasteiger partial charge in [-0.05, 0) is 31.5 Å². The molecular weight excluding hydrogens is 209 g/mol. The normalized spacial score (nSPS) is 12.4. The lowest BCUT2D eigenvalue weighted by molar-refractivity contribution is -0.118. The molecule has 3 N–H and O–H groups in total. The standard InChI is InChI=1S/C11H16FN3O/c1-8(15-4-2-3-11(13)16)9-5-10(12)7-14-6-9/h5-8,15H,2-4H2,1H3,(H2,13,16). The van der Waals surface area contributed by atoms with Gasteiger partial charge in [-0.2, -0.15) is 0 Å². The van der Waals surface area contributed by atoms with Gasteiger partial charge in [0.05, 0.1) is 6.20 Å². The molecule has 1 aromatic rings. The molecule has 1 rings (SSSR count). The summed E-state index contributed by atoms with van der Waals surface area (Å²) >= 11 is 0. The number of carbonyl (C=O) groups excluding carboxylic acids is 1. The van der Waals surface area contributed by atoms with E-state index >= 15 is 0 Å². The fraction of sp³-hybridized carbons (Fsp3) is 0.455. The van der Waals surface area contributed by atoms with Gasteiger partial charge in [-0.25, -0.2) is 4.39 Å². The summed E-state index contributed by atoms with van der Waals surface area (Å²) in [7, 11) is 0. The average molecular weight is 225 g/mol. The van der Waals surface area contributed by atoms with Crippen molar-refractivity contribution in [2.75, 3.05) is 6.54 Å². The van der Waals surface area contributed by atoms with Crippen molar-refractivity contribution < 1.29 is 9.18 Å². The lowest BCUT2D eigenvalue weighted by Crippen LogP contribution is -2.21. The number of amides is 1. The van der Waals surface area contributed by atoms with Crippen LogP contribution in [0, 0.1) is 5.82 Å². The van der Waals surface area contributed by atoms with E-state index in [4.69, 9.17) is 5.73 Å². The Morgan fingerprint density at radius 3 is 3.00 bits per heavy atom. The molecule has 1 amide bonds. The fourth-order valence-corrected chi connectivity index (χ4v) is 1.36. The van der Waals surface area contributed by atoms with Crippen LogP contribution in [0.3, 0.4) is 0 Å². The maximum atomic E-state index is 12.9. The number of hydrogen-bond donors (Lipinski definition) is 2. The van der Waals surface area contributed by atoms with Crippen LogP contribution in [0.1, 0.15) is 31.4 Å². The maximum absolute atomic E-state index is 12.9. The predicted octanol–water partition coefficient (Wildman–Crippen LogP) is 1.14.